The maximum Gasteiger partial charge on any atom is 0.146 e. The topological polar surface area (TPSA) is 37.4 Å². The van der Waals surface area contributed by atoms with E-state index in [4.69, 9.17) is 4.74 Å². The summed E-state index contributed by atoms with van der Waals surface area (Å²) in [5.74, 6) is 0.993. The summed E-state index contributed by atoms with van der Waals surface area (Å²) in [6.45, 7) is 5.31. The summed E-state index contributed by atoms with van der Waals surface area (Å²) in [5.41, 5.74) is 4.47. The lowest BCUT2D eigenvalue weighted by Crippen LogP contribution is -2.22. The zero-order valence-electron chi connectivity index (χ0n) is 12.6. The van der Waals surface area contributed by atoms with Gasteiger partial charge in [-0.25, -0.2) is 0 Å². The van der Waals surface area contributed by atoms with Crippen LogP contribution in [-0.4, -0.2) is 30.1 Å². The average Bonchev–Trinajstić information content (AvgIpc) is 2.47. The Kier molecular flexibility index (Phi) is 4.06. The van der Waals surface area contributed by atoms with Crippen molar-refractivity contribution in [1.82, 2.24) is 9.88 Å². The zero-order valence-corrected chi connectivity index (χ0v) is 12.6. The van der Waals surface area contributed by atoms with E-state index < -0.39 is 0 Å². The molecule has 110 valence electrons. The fourth-order valence-electron chi connectivity index (χ4n) is 2.67. The molecule has 0 unspecified atom stereocenters. The fourth-order valence-corrected chi connectivity index (χ4v) is 2.67. The minimum Gasteiger partial charge on any atom is -0.489 e. The molecule has 1 aromatic carbocycles. The van der Waals surface area contributed by atoms with Crippen LogP contribution in [0.4, 0.5) is 5.69 Å². The van der Waals surface area contributed by atoms with Crippen LogP contribution in [0, 0.1) is 6.92 Å². The first-order valence-corrected chi connectivity index (χ1v) is 7.32. The number of aromatic nitrogens is 1. The van der Waals surface area contributed by atoms with E-state index in [-0.39, 0.29) is 0 Å². The fraction of sp³-hybridized carbons (Fsp3) is 0.353. The van der Waals surface area contributed by atoms with Gasteiger partial charge in [-0.2, -0.15) is 0 Å². The van der Waals surface area contributed by atoms with Crippen molar-refractivity contribution in [2.45, 2.75) is 20.0 Å². The van der Waals surface area contributed by atoms with Gasteiger partial charge in [-0.1, -0.05) is 18.2 Å². The molecule has 0 spiro atoms. The first-order valence-electron chi connectivity index (χ1n) is 7.32. The first-order chi connectivity index (χ1) is 10.2. The highest BCUT2D eigenvalue weighted by Gasteiger charge is 2.15. The number of aryl methyl sites for hydroxylation is 1. The highest BCUT2D eigenvalue weighted by Crippen LogP contribution is 2.31. The van der Waals surface area contributed by atoms with Crippen molar-refractivity contribution in [2.24, 2.45) is 0 Å². The number of pyridine rings is 1. The SMILES string of the molecule is Cc1cccc(CN(C)Cc2cccc3c2OCCN3)n1. The quantitative estimate of drug-likeness (QED) is 0.936. The van der Waals surface area contributed by atoms with Gasteiger partial charge in [0.1, 0.15) is 12.4 Å². The number of nitrogens with one attached hydrogen (secondary N) is 1. The monoisotopic (exact) mass is 283 g/mol. The molecule has 0 saturated carbocycles. The van der Waals surface area contributed by atoms with E-state index in [1.54, 1.807) is 0 Å². The number of hydrogen-bond donors (Lipinski definition) is 1. The number of fused-ring (bicyclic) bond motifs is 1. The van der Waals surface area contributed by atoms with Crippen molar-refractivity contribution in [3.05, 3.63) is 53.3 Å². The van der Waals surface area contributed by atoms with Crippen molar-refractivity contribution in [3.63, 3.8) is 0 Å². The van der Waals surface area contributed by atoms with Gasteiger partial charge in [0.15, 0.2) is 0 Å². The van der Waals surface area contributed by atoms with Gasteiger partial charge in [-0.05, 0) is 32.2 Å². The Morgan fingerprint density at radius 2 is 2.05 bits per heavy atom. The molecule has 0 radical (unpaired) electrons. The number of rotatable bonds is 4. The Labute approximate surface area is 125 Å². The summed E-state index contributed by atoms with van der Waals surface area (Å²) in [5, 5.41) is 3.38. The van der Waals surface area contributed by atoms with Gasteiger partial charge in [-0.3, -0.25) is 9.88 Å². The number of hydrogen-bond acceptors (Lipinski definition) is 4. The van der Waals surface area contributed by atoms with E-state index in [0.29, 0.717) is 0 Å². The van der Waals surface area contributed by atoms with E-state index in [2.05, 4.69) is 52.6 Å². The van der Waals surface area contributed by atoms with Gasteiger partial charge in [0.2, 0.25) is 0 Å². The van der Waals surface area contributed by atoms with Crippen LogP contribution in [0.5, 0.6) is 5.75 Å². The standard InChI is InChI=1S/C17H21N3O/c1-13-5-3-7-15(19-13)12-20(2)11-14-6-4-8-16-17(14)21-10-9-18-16/h3-8,18H,9-12H2,1-2H3. The molecule has 0 amide bonds. The van der Waals surface area contributed by atoms with Crippen LogP contribution in [0.15, 0.2) is 36.4 Å². The number of nitrogens with zero attached hydrogens (tertiary/aromatic N) is 2. The molecule has 1 N–H and O–H groups in total. The summed E-state index contributed by atoms with van der Waals surface area (Å²) >= 11 is 0. The third-order valence-electron chi connectivity index (χ3n) is 3.58. The van der Waals surface area contributed by atoms with Crippen LogP contribution in [0.2, 0.25) is 0 Å². The third kappa shape index (κ3) is 3.34. The van der Waals surface area contributed by atoms with Gasteiger partial charge >= 0.3 is 0 Å². The molecule has 0 aliphatic carbocycles. The molecule has 0 fully saturated rings. The molecule has 4 heteroatoms. The second-order valence-corrected chi connectivity index (χ2v) is 5.51. The second-order valence-electron chi connectivity index (χ2n) is 5.51. The maximum absolute atomic E-state index is 5.82. The van der Waals surface area contributed by atoms with Crippen LogP contribution in [-0.2, 0) is 13.1 Å². The van der Waals surface area contributed by atoms with Crippen LogP contribution >= 0.6 is 0 Å². The molecule has 1 aliphatic heterocycles. The molecule has 21 heavy (non-hydrogen) atoms. The molecule has 4 nitrogen and oxygen atoms in total. The van der Waals surface area contributed by atoms with E-state index in [1.165, 1.54) is 5.56 Å². The molecule has 2 aromatic rings. The van der Waals surface area contributed by atoms with Crippen LogP contribution < -0.4 is 10.1 Å². The van der Waals surface area contributed by atoms with Gasteiger partial charge in [0.05, 0.1) is 11.4 Å². The number of para-hydroxylation sites is 1. The average molecular weight is 283 g/mol. The Morgan fingerprint density at radius 3 is 2.90 bits per heavy atom. The smallest absolute Gasteiger partial charge is 0.146 e. The van der Waals surface area contributed by atoms with E-state index >= 15 is 0 Å². The van der Waals surface area contributed by atoms with Gasteiger partial charge in [0, 0.05) is 30.9 Å². The van der Waals surface area contributed by atoms with Crippen molar-refractivity contribution in [2.75, 3.05) is 25.5 Å². The van der Waals surface area contributed by atoms with Crippen molar-refractivity contribution < 1.29 is 4.74 Å². The van der Waals surface area contributed by atoms with Crippen molar-refractivity contribution in [1.29, 1.82) is 0 Å². The highest BCUT2D eigenvalue weighted by atomic mass is 16.5. The second kappa shape index (κ2) is 6.14. The molecular formula is C17H21N3O. The molecule has 0 saturated heterocycles. The predicted octanol–water partition coefficient (Wildman–Crippen LogP) is 2.83. The lowest BCUT2D eigenvalue weighted by Gasteiger charge is -2.24. The summed E-state index contributed by atoms with van der Waals surface area (Å²) in [6, 6.07) is 12.4. The van der Waals surface area contributed by atoms with Crippen LogP contribution in [0.1, 0.15) is 17.0 Å². The Balaban J connectivity index is 1.71. The Morgan fingerprint density at radius 1 is 1.19 bits per heavy atom. The lowest BCUT2D eigenvalue weighted by atomic mass is 10.1. The minimum absolute atomic E-state index is 0.729. The molecule has 1 aliphatic rings. The lowest BCUT2D eigenvalue weighted by molar-refractivity contribution is 0.289. The molecular weight excluding hydrogens is 262 g/mol. The molecule has 0 bridgehead atoms. The summed E-state index contributed by atoms with van der Waals surface area (Å²) in [7, 11) is 2.11. The minimum atomic E-state index is 0.729. The summed E-state index contributed by atoms with van der Waals surface area (Å²) in [4.78, 5) is 6.82. The van der Waals surface area contributed by atoms with Gasteiger partial charge in [0.25, 0.3) is 0 Å². The van der Waals surface area contributed by atoms with Gasteiger partial charge in [-0.15, -0.1) is 0 Å². The summed E-state index contributed by atoms with van der Waals surface area (Å²) in [6.07, 6.45) is 0. The van der Waals surface area contributed by atoms with E-state index in [1.807, 2.05) is 13.0 Å². The summed E-state index contributed by atoms with van der Waals surface area (Å²) < 4.78 is 5.82. The van der Waals surface area contributed by atoms with Crippen molar-refractivity contribution in [3.8, 4) is 5.75 Å². The number of ether oxygens (including phenoxy) is 1. The Hall–Kier alpha value is -2.07. The third-order valence-corrected chi connectivity index (χ3v) is 3.58. The van der Waals surface area contributed by atoms with Gasteiger partial charge < -0.3 is 10.1 Å². The van der Waals surface area contributed by atoms with E-state index in [9.17, 15) is 0 Å². The normalized spacial score (nSPS) is 13.5. The van der Waals surface area contributed by atoms with Crippen LogP contribution in [0.3, 0.4) is 0 Å². The molecule has 3 rings (SSSR count). The number of anilines is 1. The Bertz CT molecular complexity index is 627. The zero-order chi connectivity index (χ0) is 14.7. The predicted molar refractivity (Wildman–Crippen MR) is 84.6 cm³/mol. The molecule has 2 heterocycles. The largest absolute Gasteiger partial charge is 0.489 e. The molecule has 0 atom stereocenters. The van der Waals surface area contributed by atoms with Crippen LogP contribution in [0.25, 0.3) is 0 Å². The first kappa shape index (κ1) is 13.9. The maximum atomic E-state index is 5.82. The number of benzene rings is 1. The van der Waals surface area contributed by atoms with E-state index in [0.717, 1.165) is 49.1 Å². The highest BCUT2D eigenvalue weighted by molar-refractivity contribution is 5.61. The van der Waals surface area contributed by atoms with Crippen molar-refractivity contribution >= 4 is 5.69 Å². The molecule has 1 aromatic heterocycles.